The Labute approximate surface area is 97.8 Å². The first-order valence-corrected chi connectivity index (χ1v) is 6.15. The summed E-state index contributed by atoms with van der Waals surface area (Å²) >= 11 is 0. The van der Waals surface area contributed by atoms with Crippen molar-refractivity contribution in [2.45, 2.75) is 57.2 Å². The van der Waals surface area contributed by atoms with Crippen molar-refractivity contribution in [3.63, 3.8) is 0 Å². The minimum absolute atomic E-state index is 0.175. The molecule has 0 N–H and O–H groups in total. The molecule has 3 rings (SSSR count). The number of aryl methyl sites for hydroxylation is 1. The number of rotatable bonds is 1. The van der Waals surface area contributed by atoms with E-state index < -0.39 is 11.9 Å². The number of aromatic nitrogens is 2. The highest BCUT2D eigenvalue weighted by Gasteiger charge is 2.54. The van der Waals surface area contributed by atoms with Gasteiger partial charge in [-0.3, -0.25) is 4.68 Å². The molecule has 1 heterocycles. The van der Waals surface area contributed by atoms with Gasteiger partial charge in [0.15, 0.2) is 5.69 Å². The molecule has 1 spiro atoms. The van der Waals surface area contributed by atoms with E-state index in [1.54, 1.807) is 4.68 Å². The van der Waals surface area contributed by atoms with Crippen LogP contribution < -0.4 is 0 Å². The quantitative estimate of drug-likeness (QED) is 0.741. The van der Waals surface area contributed by atoms with Crippen LogP contribution in [0, 0.1) is 0 Å². The van der Waals surface area contributed by atoms with Crippen LogP contribution >= 0.6 is 0 Å². The molecule has 2 nitrogen and oxygen atoms in total. The lowest BCUT2D eigenvalue weighted by Gasteiger charge is -2.23. The molecule has 2 aliphatic rings. The summed E-state index contributed by atoms with van der Waals surface area (Å²) in [6.07, 6.45) is 0.136. The Kier molecular flexibility index (Phi) is 2.14. The molecule has 0 aliphatic heterocycles. The fraction of sp³-hybridized carbons (Fsp3) is 0.750. The van der Waals surface area contributed by atoms with Gasteiger partial charge in [0.25, 0.3) is 0 Å². The van der Waals surface area contributed by atoms with Crippen molar-refractivity contribution in [1.82, 2.24) is 9.78 Å². The number of nitrogens with zero attached hydrogens (tertiary/aromatic N) is 2. The zero-order valence-corrected chi connectivity index (χ0v) is 9.77. The Morgan fingerprint density at radius 2 is 2.00 bits per heavy atom. The van der Waals surface area contributed by atoms with E-state index in [1.165, 1.54) is 0 Å². The Balaban J connectivity index is 2.20. The van der Waals surface area contributed by atoms with Gasteiger partial charge >= 0.3 is 6.18 Å². The van der Waals surface area contributed by atoms with Crippen LogP contribution in [-0.2, 0) is 24.6 Å². The van der Waals surface area contributed by atoms with E-state index in [2.05, 4.69) is 5.10 Å². The van der Waals surface area contributed by atoms with Crippen molar-refractivity contribution in [2.75, 3.05) is 0 Å². The highest BCUT2D eigenvalue weighted by atomic mass is 19.4. The summed E-state index contributed by atoms with van der Waals surface area (Å²) in [4.78, 5) is 0. The molecule has 0 unspecified atom stereocenters. The summed E-state index contributed by atoms with van der Waals surface area (Å²) in [6.45, 7) is 2.37. The highest BCUT2D eigenvalue weighted by Crippen LogP contribution is 2.58. The van der Waals surface area contributed by atoms with Crippen molar-refractivity contribution >= 4 is 0 Å². The van der Waals surface area contributed by atoms with Gasteiger partial charge in [-0.2, -0.15) is 18.3 Å². The number of halogens is 3. The van der Waals surface area contributed by atoms with E-state index in [9.17, 15) is 13.2 Å². The van der Waals surface area contributed by atoms with Gasteiger partial charge in [-0.15, -0.1) is 0 Å². The third kappa shape index (κ3) is 1.51. The number of alkyl halides is 3. The Hall–Kier alpha value is -1.00. The van der Waals surface area contributed by atoms with Crippen molar-refractivity contribution < 1.29 is 13.2 Å². The van der Waals surface area contributed by atoms with Gasteiger partial charge in [0.2, 0.25) is 0 Å². The normalized spacial score (nSPS) is 21.6. The van der Waals surface area contributed by atoms with Gasteiger partial charge in [0.05, 0.1) is 0 Å². The van der Waals surface area contributed by atoms with Crippen LogP contribution in [0.3, 0.4) is 0 Å². The van der Waals surface area contributed by atoms with Crippen molar-refractivity contribution in [1.29, 1.82) is 0 Å². The van der Waals surface area contributed by atoms with Crippen LogP contribution in [0.25, 0.3) is 0 Å². The van der Waals surface area contributed by atoms with Crippen LogP contribution in [0.2, 0.25) is 0 Å². The van der Waals surface area contributed by atoms with Crippen molar-refractivity contribution in [3.05, 3.63) is 17.0 Å². The lowest BCUT2D eigenvalue weighted by Crippen LogP contribution is -2.20. The fourth-order valence-electron chi connectivity index (χ4n) is 3.14. The van der Waals surface area contributed by atoms with E-state index in [4.69, 9.17) is 0 Å². The van der Waals surface area contributed by atoms with E-state index >= 15 is 0 Å². The van der Waals surface area contributed by atoms with Gasteiger partial charge in [-0.05, 0) is 44.4 Å². The SMILES string of the molecule is CCn1nc(C(F)(F)F)c2c1CCCC21CC1. The minimum Gasteiger partial charge on any atom is -0.269 e. The first kappa shape index (κ1) is 11.1. The van der Waals surface area contributed by atoms with E-state index in [-0.39, 0.29) is 5.41 Å². The van der Waals surface area contributed by atoms with E-state index in [1.807, 2.05) is 6.92 Å². The molecular formula is C12H15F3N2. The molecule has 0 aromatic carbocycles. The van der Waals surface area contributed by atoms with Crippen molar-refractivity contribution in [2.24, 2.45) is 0 Å². The summed E-state index contributed by atoms with van der Waals surface area (Å²) in [5.41, 5.74) is 0.569. The molecule has 0 radical (unpaired) electrons. The Morgan fingerprint density at radius 1 is 1.29 bits per heavy atom. The molecular weight excluding hydrogens is 229 g/mol. The zero-order chi connectivity index (χ0) is 12.3. The van der Waals surface area contributed by atoms with Crippen LogP contribution in [0.5, 0.6) is 0 Å². The summed E-state index contributed by atoms with van der Waals surface area (Å²) in [5.74, 6) is 0. The summed E-state index contributed by atoms with van der Waals surface area (Å²) in [7, 11) is 0. The summed E-state index contributed by atoms with van der Waals surface area (Å²) in [5, 5.41) is 3.81. The number of fused-ring (bicyclic) bond motifs is 2. The Bertz CT molecular complexity index is 455. The van der Waals surface area contributed by atoms with Gasteiger partial charge in [-0.1, -0.05) is 0 Å². The molecule has 17 heavy (non-hydrogen) atoms. The van der Waals surface area contributed by atoms with Crippen LogP contribution in [0.1, 0.15) is 49.6 Å². The molecule has 1 aromatic heterocycles. The topological polar surface area (TPSA) is 17.8 Å². The molecule has 94 valence electrons. The average molecular weight is 244 g/mol. The lowest BCUT2D eigenvalue weighted by molar-refractivity contribution is -0.142. The molecule has 1 saturated carbocycles. The molecule has 2 aliphatic carbocycles. The van der Waals surface area contributed by atoms with E-state index in [0.29, 0.717) is 12.1 Å². The molecule has 0 atom stereocenters. The van der Waals surface area contributed by atoms with Crippen LogP contribution in [-0.4, -0.2) is 9.78 Å². The maximum Gasteiger partial charge on any atom is 0.435 e. The van der Waals surface area contributed by atoms with Crippen LogP contribution in [0.15, 0.2) is 0 Å². The third-order valence-electron chi connectivity index (χ3n) is 4.08. The number of hydrogen-bond donors (Lipinski definition) is 0. The monoisotopic (exact) mass is 244 g/mol. The predicted octanol–water partition coefficient (Wildman–Crippen LogP) is 3.29. The maximum atomic E-state index is 13.0. The highest BCUT2D eigenvalue weighted by molar-refractivity contribution is 5.42. The lowest BCUT2D eigenvalue weighted by atomic mass is 9.82. The fourth-order valence-corrected chi connectivity index (χ4v) is 3.14. The first-order chi connectivity index (χ1) is 7.98. The smallest absolute Gasteiger partial charge is 0.269 e. The second-order valence-corrected chi connectivity index (χ2v) is 5.12. The minimum atomic E-state index is -4.31. The molecule has 0 amide bonds. The molecule has 5 heteroatoms. The molecule has 0 saturated heterocycles. The standard InChI is InChI=1S/C12H15F3N2/c1-2-17-8-4-3-5-11(6-7-11)9(8)10(16-17)12(13,14)15/h2-7H2,1H3. The van der Waals surface area contributed by atoms with E-state index in [0.717, 1.165) is 37.8 Å². The largest absolute Gasteiger partial charge is 0.435 e. The Morgan fingerprint density at radius 3 is 2.53 bits per heavy atom. The van der Waals surface area contributed by atoms with Gasteiger partial charge in [-0.25, -0.2) is 0 Å². The van der Waals surface area contributed by atoms with Crippen LogP contribution in [0.4, 0.5) is 13.2 Å². The maximum absolute atomic E-state index is 13.0. The van der Waals surface area contributed by atoms with Gasteiger partial charge in [0, 0.05) is 17.8 Å². The third-order valence-corrected chi connectivity index (χ3v) is 4.08. The second kappa shape index (κ2) is 3.27. The first-order valence-electron chi connectivity index (χ1n) is 6.15. The molecule has 1 aromatic rings. The average Bonchev–Trinajstić information content (AvgIpc) is 2.90. The second-order valence-electron chi connectivity index (χ2n) is 5.12. The van der Waals surface area contributed by atoms with Crippen molar-refractivity contribution in [3.8, 4) is 0 Å². The predicted molar refractivity (Wildman–Crippen MR) is 56.8 cm³/mol. The summed E-state index contributed by atoms with van der Waals surface area (Å²) < 4.78 is 40.6. The van der Waals surface area contributed by atoms with Gasteiger partial charge in [0.1, 0.15) is 0 Å². The molecule has 0 bridgehead atoms. The van der Waals surface area contributed by atoms with Gasteiger partial charge < -0.3 is 0 Å². The zero-order valence-electron chi connectivity index (χ0n) is 9.77. The molecule has 1 fully saturated rings. The summed E-state index contributed by atoms with van der Waals surface area (Å²) in [6, 6.07) is 0. The number of hydrogen-bond acceptors (Lipinski definition) is 1.